The van der Waals surface area contributed by atoms with Crippen LogP contribution in [-0.4, -0.2) is 0 Å². The first-order valence-corrected chi connectivity index (χ1v) is 11.8. The van der Waals surface area contributed by atoms with Crippen LogP contribution in [0.5, 0.6) is 0 Å². The fourth-order valence-electron chi connectivity index (χ4n) is 3.99. The number of nitrogens with zero attached hydrogens (tertiary/aromatic N) is 4. The number of rotatable bonds is 0. The third-order valence-corrected chi connectivity index (χ3v) is 5.91. The van der Waals surface area contributed by atoms with Crippen molar-refractivity contribution >= 4 is 32.3 Å². The molecule has 0 saturated carbocycles. The molecule has 0 aromatic heterocycles. The van der Waals surface area contributed by atoms with Crippen LogP contribution in [0.2, 0.25) is 0 Å². The summed E-state index contributed by atoms with van der Waals surface area (Å²) >= 11 is 0. The molecule has 0 aliphatic heterocycles. The molecule has 6 aromatic rings. The summed E-state index contributed by atoms with van der Waals surface area (Å²) in [4.78, 5) is 0. The minimum Gasteiger partial charge on any atom is -0.192 e. The van der Waals surface area contributed by atoms with Crippen molar-refractivity contribution in [3.05, 3.63) is 144 Å². The molecular weight excluding hydrogens is 464 g/mol. The summed E-state index contributed by atoms with van der Waals surface area (Å²) in [6, 6.07) is 47.8. The van der Waals surface area contributed by atoms with Crippen molar-refractivity contribution in [3.63, 3.8) is 0 Å². The second-order valence-electron chi connectivity index (χ2n) is 8.28. The van der Waals surface area contributed by atoms with Crippen molar-refractivity contribution in [1.29, 1.82) is 21.0 Å². The lowest BCUT2D eigenvalue weighted by Crippen LogP contribution is -1.90. The highest BCUT2D eigenvalue weighted by Crippen LogP contribution is 2.22. The Balaban J connectivity index is 0.000000135. The highest BCUT2D eigenvalue weighted by atomic mass is 14.3. The summed E-state index contributed by atoms with van der Waals surface area (Å²) in [5, 5.41) is 42.4. The van der Waals surface area contributed by atoms with Gasteiger partial charge < -0.3 is 0 Å². The first kappa shape index (κ1) is 25.2. The number of nitriles is 4. The van der Waals surface area contributed by atoms with Crippen molar-refractivity contribution in [2.24, 2.45) is 0 Å². The minimum absolute atomic E-state index is 0.114. The molecule has 0 unspecified atom stereocenters. The predicted molar refractivity (Wildman–Crippen MR) is 151 cm³/mol. The van der Waals surface area contributed by atoms with E-state index in [-0.39, 0.29) is 22.3 Å². The molecule has 4 heteroatoms. The molecule has 0 aliphatic rings. The van der Waals surface area contributed by atoms with Crippen LogP contribution < -0.4 is 0 Å². The van der Waals surface area contributed by atoms with Crippen LogP contribution in [-0.2, 0) is 0 Å². The summed E-state index contributed by atoms with van der Waals surface area (Å²) in [7, 11) is 0. The van der Waals surface area contributed by atoms with Crippen LogP contribution in [0, 0.1) is 45.3 Å². The average Bonchev–Trinajstić information content (AvgIpc) is 3.00. The van der Waals surface area contributed by atoms with Gasteiger partial charge in [-0.05, 0) is 56.6 Å². The van der Waals surface area contributed by atoms with Gasteiger partial charge in [0.2, 0.25) is 0 Å². The molecule has 0 atom stereocenters. The Hall–Kier alpha value is -5.94. The highest BCUT2D eigenvalue weighted by Gasteiger charge is 2.08. The molecule has 4 nitrogen and oxygen atoms in total. The van der Waals surface area contributed by atoms with E-state index in [0.717, 1.165) is 0 Å². The van der Waals surface area contributed by atoms with Crippen LogP contribution in [0.4, 0.5) is 0 Å². The van der Waals surface area contributed by atoms with Gasteiger partial charge in [-0.3, -0.25) is 0 Å². The molecule has 0 saturated heterocycles. The molecule has 0 spiro atoms. The van der Waals surface area contributed by atoms with Gasteiger partial charge in [0.1, 0.15) is 24.3 Å². The van der Waals surface area contributed by atoms with Crippen LogP contribution in [0.15, 0.2) is 121 Å². The minimum atomic E-state index is 0.114. The quantitative estimate of drug-likeness (QED) is 0.204. The van der Waals surface area contributed by atoms with Gasteiger partial charge in [-0.25, -0.2) is 0 Å². The third kappa shape index (κ3) is 5.82. The highest BCUT2D eigenvalue weighted by molar-refractivity contribution is 5.98. The zero-order valence-electron chi connectivity index (χ0n) is 20.3. The zero-order valence-corrected chi connectivity index (χ0v) is 20.3. The van der Waals surface area contributed by atoms with Crippen molar-refractivity contribution < 1.29 is 0 Å². The smallest absolute Gasteiger partial charge is 0.101 e. The molecule has 0 radical (unpaired) electrons. The topological polar surface area (TPSA) is 95.2 Å². The van der Waals surface area contributed by atoms with Crippen molar-refractivity contribution in [3.8, 4) is 24.3 Å². The van der Waals surface area contributed by atoms with E-state index in [1.165, 1.54) is 44.5 Å². The molecule has 6 rings (SSSR count). The maximum Gasteiger partial charge on any atom is 0.101 e. The molecule has 0 bridgehead atoms. The Bertz CT molecular complexity index is 1660. The Labute approximate surface area is 221 Å². The zero-order chi connectivity index (χ0) is 26.7. The molecule has 0 fully saturated rings. The Morgan fingerprint density at radius 3 is 0.711 bits per heavy atom. The van der Waals surface area contributed by atoms with Crippen molar-refractivity contribution in [1.82, 2.24) is 0 Å². The monoisotopic (exact) mass is 484 g/mol. The first-order valence-electron chi connectivity index (χ1n) is 11.8. The van der Waals surface area contributed by atoms with Crippen LogP contribution in [0.3, 0.4) is 0 Å². The standard InChI is InChI=1S/C14H10.C10H2N4.C10H8/c1-2-6-12-10-14-8-4-3-7-13(14)9-11(12)5-1;11-3-7-1-8(4-12)10(6-14)2-9(7)5-13;1-2-6-10-8-4-3-7-9(10)5-1/h1-10H;1-2H;1-8H. The lowest BCUT2D eigenvalue weighted by molar-refractivity contribution is 1.38. The second-order valence-corrected chi connectivity index (χ2v) is 8.28. The van der Waals surface area contributed by atoms with E-state index in [4.69, 9.17) is 21.0 Å². The van der Waals surface area contributed by atoms with E-state index in [2.05, 4.69) is 109 Å². The molecular formula is C34H20N4. The Morgan fingerprint density at radius 2 is 0.500 bits per heavy atom. The van der Waals surface area contributed by atoms with Crippen LogP contribution >= 0.6 is 0 Å². The van der Waals surface area contributed by atoms with Crippen LogP contribution in [0.1, 0.15) is 22.3 Å². The van der Waals surface area contributed by atoms with E-state index in [9.17, 15) is 0 Å². The van der Waals surface area contributed by atoms with Gasteiger partial charge in [-0.2, -0.15) is 21.0 Å². The Morgan fingerprint density at radius 1 is 0.289 bits per heavy atom. The third-order valence-electron chi connectivity index (χ3n) is 5.91. The van der Waals surface area contributed by atoms with Gasteiger partial charge in [0, 0.05) is 0 Å². The van der Waals surface area contributed by atoms with E-state index >= 15 is 0 Å². The van der Waals surface area contributed by atoms with E-state index in [1.807, 2.05) is 0 Å². The summed E-state index contributed by atoms with van der Waals surface area (Å²) in [5.74, 6) is 0. The molecule has 0 aliphatic carbocycles. The van der Waals surface area contributed by atoms with Gasteiger partial charge in [-0.15, -0.1) is 0 Å². The maximum absolute atomic E-state index is 8.64. The SMILES string of the molecule is N#Cc1cc(C#N)c(C#N)cc1C#N.c1ccc2cc3ccccc3cc2c1.c1ccc2ccccc2c1. The summed E-state index contributed by atoms with van der Waals surface area (Å²) in [5.41, 5.74) is 0.456. The molecule has 0 N–H and O–H groups in total. The fourth-order valence-corrected chi connectivity index (χ4v) is 3.99. The summed E-state index contributed by atoms with van der Waals surface area (Å²) in [6.07, 6.45) is 0. The number of benzene rings is 6. The van der Waals surface area contributed by atoms with Gasteiger partial charge in [0.25, 0.3) is 0 Å². The van der Waals surface area contributed by atoms with Crippen molar-refractivity contribution in [2.75, 3.05) is 0 Å². The second kappa shape index (κ2) is 12.2. The predicted octanol–water partition coefficient (Wildman–Crippen LogP) is 8.01. The van der Waals surface area contributed by atoms with Gasteiger partial charge in [0.15, 0.2) is 0 Å². The van der Waals surface area contributed by atoms with Gasteiger partial charge in [-0.1, -0.05) is 97.1 Å². The number of fused-ring (bicyclic) bond motifs is 3. The average molecular weight is 485 g/mol. The van der Waals surface area contributed by atoms with E-state index in [1.54, 1.807) is 24.3 Å². The van der Waals surface area contributed by atoms with Crippen LogP contribution in [0.25, 0.3) is 32.3 Å². The normalized spacial score (nSPS) is 9.47. The number of hydrogen-bond donors (Lipinski definition) is 0. The summed E-state index contributed by atoms with van der Waals surface area (Å²) in [6.45, 7) is 0. The summed E-state index contributed by atoms with van der Waals surface area (Å²) < 4.78 is 0. The van der Waals surface area contributed by atoms with Gasteiger partial charge in [0.05, 0.1) is 22.3 Å². The van der Waals surface area contributed by atoms with E-state index < -0.39 is 0 Å². The molecule has 38 heavy (non-hydrogen) atoms. The lowest BCUT2D eigenvalue weighted by Gasteiger charge is -2.00. The maximum atomic E-state index is 8.64. The van der Waals surface area contributed by atoms with Crippen molar-refractivity contribution in [2.45, 2.75) is 0 Å². The van der Waals surface area contributed by atoms with E-state index in [0.29, 0.717) is 0 Å². The fraction of sp³-hybridized carbons (Fsp3) is 0. The molecule has 176 valence electrons. The molecule has 6 aromatic carbocycles. The largest absolute Gasteiger partial charge is 0.192 e. The van der Waals surface area contributed by atoms with Gasteiger partial charge >= 0.3 is 0 Å². The molecule has 0 heterocycles. The number of hydrogen-bond acceptors (Lipinski definition) is 4. The Kier molecular flexibility index (Phi) is 8.05. The lowest BCUT2D eigenvalue weighted by atomic mass is 10.0. The first-order chi connectivity index (χ1) is 18.7. The molecule has 0 amide bonds.